The molecule has 0 saturated carbocycles. The summed E-state index contributed by atoms with van der Waals surface area (Å²) in [5, 5.41) is 11.5. The maximum atomic E-state index is 6.04. The molecule has 1 saturated heterocycles. The van der Waals surface area contributed by atoms with Crippen LogP contribution in [0.15, 0.2) is 23.5 Å². The number of guanidine groups is 1. The number of nitrogens with zero attached hydrogens (tertiary/aromatic N) is 6. The Labute approximate surface area is 170 Å². The Morgan fingerprint density at radius 3 is 2.74 bits per heavy atom. The summed E-state index contributed by atoms with van der Waals surface area (Å²) >= 11 is 7.71. The molecule has 2 aromatic rings. The molecule has 0 spiro atoms. The van der Waals surface area contributed by atoms with E-state index in [2.05, 4.69) is 49.8 Å². The fourth-order valence-electron chi connectivity index (χ4n) is 3.20. The third kappa shape index (κ3) is 5.67. The molecule has 3 rings (SSSR count). The summed E-state index contributed by atoms with van der Waals surface area (Å²) in [5.74, 6) is 2.01. The van der Waals surface area contributed by atoms with Crippen LogP contribution in [0.3, 0.4) is 0 Å². The molecule has 3 heterocycles. The number of aliphatic imine (C=N–C) groups is 1. The Balaban J connectivity index is 1.51. The van der Waals surface area contributed by atoms with Gasteiger partial charge < -0.3 is 14.8 Å². The van der Waals surface area contributed by atoms with Crippen LogP contribution < -0.4 is 5.32 Å². The molecule has 1 N–H and O–H groups in total. The van der Waals surface area contributed by atoms with Crippen molar-refractivity contribution in [3.8, 4) is 0 Å². The zero-order chi connectivity index (χ0) is 19.1. The Morgan fingerprint density at radius 1 is 1.26 bits per heavy atom. The number of aromatic nitrogens is 3. The summed E-state index contributed by atoms with van der Waals surface area (Å²) in [6, 6.07) is 4.11. The molecule has 1 aliphatic heterocycles. The number of piperazine rings is 1. The monoisotopic (exact) mass is 409 g/mol. The van der Waals surface area contributed by atoms with Gasteiger partial charge in [0.05, 0.1) is 10.9 Å². The van der Waals surface area contributed by atoms with E-state index in [1.54, 1.807) is 17.7 Å². The van der Waals surface area contributed by atoms with E-state index in [1.807, 2.05) is 6.07 Å². The molecule has 0 bridgehead atoms. The van der Waals surface area contributed by atoms with Crippen LogP contribution in [0.1, 0.15) is 24.5 Å². The minimum Gasteiger partial charge on any atom is -0.357 e. The van der Waals surface area contributed by atoms with Crippen molar-refractivity contribution in [2.24, 2.45) is 4.99 Å². The van der Waals surface area contributed by atoms with Gasteiger partial charge in [0.2, 0.25) is 0 Å². The smallest absolute Gasteiger partial charge is 0.194 e. The van der Waals surface area contributed by atoms with E-state index in [-0.39, 0.29) is 0 Å². The van der Waals surface area contributed by atoms with Gasteiger partial charge in [-0.25, -0.2) is 0 Å². The van der Waals surface area contributed by atoms with E-state index < -0.39 is 0 Å². The number of aryl methyl sites for hydroxylation is 1. The van der Waals surface area contributed by atoms with E-state index >= 15 is 0 Å². The predicted molar refractivity (Wildman–Crippen MR) is 112 cm³/mol. The molecule has 27 heavy (non-hydrogen) atoms. The average Bonchev–Trinajstić information content (AvgIpc) is 3.30. The Kier molecular flexibility index (Phi) is 7.49. The van der Waals surface area contributed by atoms with Gasteiger partial charge in [0, 0.05) is 57.1 Å². The molecule has 0 atom stereocenters. The number of nitrogens with one attached hydrogen (secondary N) is 1. The van der Waals surface area contributed by atoms with Gasteiger partial charge in [0.1, 0.15) is 12.2 Å². The third-order valence-corrected chi connectivity index (χ3v) is 5.85. The van der Waals surface area contributed by atoms with Crippen LogP contribution in [0.5, 0.6) is 0 Å². The van der Waals surface area contributed by atoms with Crippen LogP contribution in [0, 0.1) is 0 Å². The molecule has 9 heteroatoms. The van der Waals surface area contributed by atoms with Crippen molar-refractivity contribution in [2.75, 3.05) is 39.3 Å². The van der Waals surface area contributed by atoms with Crippen LogP contribution in [0.25, 0.3) is 0 Å². The standard InChI is InChI=1S/C18H28ClN7S/c1-3-17-23-22-14-26(17)8-7-21-18(20-4-2)25-11-9-24(10-12-25)13-15-5-6-16(19)27-15/h5-6,14H,3-4,7-13H2,1-2H3,(H,20,21). The molecular formula is C18H28ClN7S. The first kappa shape index (κ1) is 20.1. The normalized spacial score (nSPS) is 16.1. The van der Waals surface area contributed by atoms with Crippen molar-refractivity contribution in [1.82, 2.24) is 29.9 Å². The summed E-state index contributed by atoms with van der Waals surface area (Å²) in [6.07, 6.45) is 2.68. The van der Waals surface area contributed by atoms with Crippen LogP contribution >= 0.6 is 22.9 Å². The van der Waals surface area contributed by atoms with Gasteiger partial charge in [-0.05, 0) is 19.1 Å². The molecule has 0 amide bonds. The molecule has 1 fully saturated rings. The van der Waals surface area contributed by atoms with Crippen LogP contribution in [-0.4, -0.2) is 69.8 Å². The van der Waals surface area contributed by atoms with Crippen molar-refractivity contribution in [2.45, 2.75) is 33.4 Å². The first-order valence-electron chi connectivity index (χ1n) is 9.56. The number of hydrogen-bond acceptors (Lipinski definition) is 5. The van der Waals surface area contributed by atoms with E-state index in [0.29, 0.717) is 0 Å². The van der Waals surface area contributed by atoms with Crippen molar-refractivity contribution < 1.29 is 0 Å². The van der Waals surface area contributed by atoms with E-state index in [1.165, 1.54) is 4.88 Å². The average molecular weight is 410 g/mol. The molecule has 0 unspecified atom stereocenters. The predicted octanol–water partition coefficient (Wildman–Crippen LogP) is 2.34. The van der Waals surface area contributed by atoms with Gasteiger partial charge in [-0.3, -0.25) is 9.89 Å². The highest BCUT2D eigenvalue weighted by atomic mass is 35.5. The van der Waals surface area contributed by atoms with Gasteiger partial charge in [-0.15, -0.1) is 21.5 Å². The third-order valence-electron chi connectivity index (χ3n) is 4.63. The molecule has 7 nitrogen and oxygen atoms in total. The molecule has 2 aromatic heterocycles. The SMILES string of the molecule is CCNC(=NCCn1cnnc1CC)N1CCN(Cc2ccc(Cl)s2)CC1. The maximum Gasteiger partial charge on any atom is 0.194 e. The quantitative estimate of drug-likeness (QED) is 0.561. The Morgan fingerprint density at radius 2 is 2.07 bits per heavy atom. The molecule has 148 valence electrons. The second-order valence-electron chi connectivity index (χ2n) is 6.50. The largest absolute Gasteiger partial charge is 0.357 e. The zero-order valence-corrected chi connectivity index (χ0v) is 17.6. The summed E-state index contributed by atoms with van der Waals surface area (Å²) in [7, 11) is 0. The molecule has 0 radical (unpaired) electrons. The highest BCUT2D eigenvalue weighted by molar-refractivity contribution is 7.16. The first-order valence-corrected chi connectivity index (χ1v) is 10.8. The summed E-state index contributed by atoms with van der Waals surface area (Å²) in [6.45, 7) is 11.6. The lowest BCUT2D eigenvalue weighted by Crippen LogP contribution is -2.52. The fraction of sp³-hybridized carbons (Fsp3) is 0.611. The Bertz CT molecular complexity index is 734. The van der Waals surface area contributed by atoms with Gasteiger partial charge in [0.15, 0.2) is 5.96 Å². The minimum atomic E-state index is 0.723. The van der Waals surface area contributed by atoms with E-state index in [9.17, 15) is 0 Å². The van der Waals surface area contributed by atoms with Crippen molar-refractivity contribution in [3.63, 3.8) is 0 Å². The molecule has 0 aliphatic carbocycles. The molecular weight excluding hydrogens is 382 g/mol. The van der Waals surface area contributed by atoms with Crippen LogP contribution in [0.4, 0.5) is 0 Å². The minimum absolute atomic E-state index is 0.723. The summed E-state index contributed by atoms with van der Waals surface area (Å²) in [5.41, 5.74) is 0. The second kappa shape index (κ2) is 10.1. The Hall–Kier alpha value is -1.64. The van der Waals surface area contributed by atoms with Gasteiger partial charge in [0.25, 0.3) is 0 Å². The van der Waals surface area contributed by atoms with Gasteiger partial charge >= 0.3 is 0 Å². The van der Waals surface area contributed by atoms with Crippen molar-refractivity contribution in [1.29, 1.82) is 0 Å². The van der Waals surface area contributed by atoms with E-state index in [0.717, 1.165) is 74.9 Å². The van der Waals surface area contributed by atoms with Crippen LogP contribution in [-0.2, 0) is 19.5 Å². The lowest BCUT2D eigenvalue weighted by atomic mass is 10.3. The fourth-order valence-corrected chi connectivity index (χ4v) is 4.33. The topological polar surface area (TPSA) is 61.6 Å². The highest BCUT2D eigenvalue weighted by Crippen LogP contribution is 2.23. The lowest BCUT2D eigenvalue weighted by molar-refractivity contribution is 0.173. The number of halogens is 1. The van der Waals surface area contributed by atoms with Crippen LogP contribution in [0.2, 0.25) is 4.34 Å². The van der Waals surface area contributed by atoms with Crippen molar-refractivity contribution >= 4 is 28.9 Å². The lowest BCUT2D eigenvalue weighted by Gasteiger charge is -2.36. The summed E-state index contributed by atoms with van der Waals surface area (Å²) in [4.78, 5) is 11.0. The molecule has 0 aromatic carbocycles. The van der Waals surface area contributed by atoms with Gasteiger partial charge in [-0.1, -0.05) is 18.5 Å². The summed E-state index contributed by atoms with van der Waals surface area (Å²) < 4.78 is 2.95. The highest BCUT2D eigenvalue weighted by Gasteiger charge is 2.20. The number of hydrogen-bond donors (Lipinski definition) is 1. The second-order valence-corrected chi connectivity index (χ2v) is 8.30. The number of rotatable bonds is 7. The van der Waals surface area contributed by atoms with E-state index in [4.69, 9.17) is 16.6 Å². The molecule has 1 aliphatic rings. The van der Waals surface area contributed by atoms with Gasteiger partial charge in [-0.2, -0.15) is 0 Å². The van der Waals surface area contributed by atoms with Crippen molar-refractivity contribution in [3.05, 3.63) is 33.5 Å². The number of thiophene rings is 1. The zero-order valence-electron chi connectivity index (χ0n) is 16.1. The first-order chi connectivity index (χ1) is 13.2. The maximum absolute atomic E-state index is 6.04.